The van der Waals surface area contributed by atoms with Crippen LogP contribution in [0.3, 0.4) is 0 Å². The van der Waals surface area contributed by atoms with Gasteiger partial charge in [-0.25, -0.2) is 0 Å². The fourth-order valence-corrected chi connectivity index (χ4v) is 3.34. The summed E-state index contributed by atoms with van der Waals surface area (Å²) in [5.41, 5.74) is 1.41. The highest BCUT2D eigenvalue weighted by Crippen LogP contribution is 2.32. The van der Waals surface area contributed by atoms with E-state index in [1.807, 2.05) is 23.6 Å². The number of para-hydroxylation sites is 1. The Hall–Kier alpha value is -2.73. The molecule has 1 amide bonds. The average Bonchev–Trinajstić information content (AvgIpc) is 3.33. The third-order valence-corrected chi connectivity index (χ3v) is 4.66. The maximum atomic E-state index is 13.2. The Bertz CT molecular complexity index is 776. The molecule has 0 saturated heterocycles. The van der Waals surface area contributed by atoms with Crippen molar-refractivity contribution in [2.75, 3.05) is 14.2 Å². The van der Waals surface area contributed by atoms with Gasteiger partial charge in [-0.2, -0.15) is 0 Å². The molecule has 0 bridgehead atoms. The van der Waals surface area contributed by atoms with Crippen molar-refractivity contribution < 1.29 is 18.7 Å². The second-order valence-corrected chi connectivity index (χ2v) is 6.45. The zero-order valence-electron chi connectivity index (χ0n) is 14.1. The van der Waals surface area contributed by atoms with Crippen molar-refractivity contribution in [3.63, 3.8) is 0 Å². The number of rotatable bonds is 7. The molecule has 0 aliphatic rings. The van der Waals surface area contributed by atoms with Gasteiger partial charge < -0.3 is 18.8 Å². The molecule has 0 saturated carbocycles. The highest BCUT2D eigenvalue weighted by molar-refractivity contribution is 7.09. The van der Waals surface area contributed by atoms with E-state index in [1.54, 1.807) is 54.1 Å². The minimum Gasteiger partial charge on any atom is -0.493 e. The summed E-state index contributed by atoms with van der Waals surface area (Å²) in [5, 5.41) is 2.00. The third-order valence-electron chi connectivity index (χ3n) is 3.80. The predicted molar refractivity (Wildman–Crippen MR) is 96.2 cm³/mol. The van der Waals surface area contributed by atoms with Crippen LogP contribution >= 0.6 is 11.3 Å². The number of amides is 1. The first kappa shape index (κ1) is 17.1. The topological polar surface area (TPSA) is 51.9 Å². The number of methoxy groups -OCH3 is 2. The Labute approximate surface area is 150 Å². The van der Waals surface area contributed by atoms with Crippen molar-refractivity contribution in [3.05, 3.63) is 70.3 Å². The molecule has 0 atom stereocenters. The number of carbonyl (C=O) groups excluding carboxylic acids is 1. The SMILES string of the molecule is COc1cccc(C(=O)N(Cc2ccoc2)Cc2cccs2)c1OC. The van der Waals surface area contributed by atoms with Gasteiger partial charge in [0.2, 0.25) is 0 Å². The molecular weight excluding hydrogens is 338 g/mol. The zero-order valence-corrected chi connectivity index (χ0v) is 14.9. The molecule has 0 radical (unpaired) electrons. The zero-order chi connectivity index (χ0) is 17.6. The van der Waals surface area contributed by atoms with Gasteiger partial charge in [0, 0.05) is 17.0 Å². The van der Waals surface area contributed by atoms with Gasteiger partial charge in [0.1, 0.15) is 0 Å². The number of ether oxygens (including phenoxy) is 2. The lowest BCUT2D eigenvalue weighted by molar-refractivity contribution is 0.0727. The molecule has 3 rings (SSSR count). The van der Waals surface area contributed by atoms with Gasteiger partial charge in [-0.15, -0.1) is 11.3 Å². The second-order valence-electron chi connectivity index (χ2n) is 5.41. The van der Waals surface area contributed by atoms with Crippen LogP contribution in [0.1, 0.15) is 20.8 Å². The number of hydrogen-bond acceptors (Lipinski definition) is 5. The molecule has 5 nitrogen and oxygen atoms in total. The highest BCUT2D eigenvalue weighted by atomic mass is 32.1. The Morgan fingerprint density at radius 1 is 1.12 bits per heavy atom. The number of benzene rings is 1. The van der Waals surface area contributed by atoms with Crippen LogP contribution in [0, 0.1) is 0 Å². The van der Waals surface area contributed by atoms with E-state index in [0.29, 0.717) is 30.2 Å². The first-order valence-corrected chi connectivity index (χ1v) is 8.64. The fourth-order valence-electron chi connectivity index (χ4n) is 2.62. The van der Waals surface area contributed by atoms with Crippen molar-refractivity contribution in [3.8, 4) is 11.5 Å². The van der Waals surface area contributed by atoms with Gasteiger partial charge in [0.25, 0.3) is 5.91 Å². The van der Waals surface area contributed by atoms with Crippen LogP contribution < -0.4 is 9.47 Å². The quantitative estimate of drug-likeness (QED) is 0.636. The number of thiophene rings is 1. The molecule has 3 aromatic rings. The lowest BCUT2D eigenvalue weighted by Crippen LogP contribution is -2.30. The first-order chi connectivity index (χ1) is 12.2. The molecule has 25 heavy (non-hydrogen) atoms. The summed E-state index contributed by atoms with van der Waals surface area (Å²) in [4.78, 5) is 16.1. The van der Waals surface area contributed by atoms with Gasteiger partial charge in [0.15, 0.2) is 11.5 Å². The van der Waals surface area contributed by atoms with Crippen molar-refractivity contribution >= 4 is 17.2 Å². The molecule has 0 unspecified atom stereocenters. The second kappa shape index (κ2) is 7.90. The molecular formula is C19H19NO4S. The van der Waals surface area contributed by atoms with E-state index >= 15 is 0 Å². The molecule has 1 aromatic carbocycles. The Morgan fingerprint density at radius 2 is 2.00 bits per heavy atom. The molecule has 0 spiro atoms. The van der Waals surface area contributed by atoms with E-state index in [1.165, 1.54) is 7.11 Å². The monoisotopic (exact) mass is 357 g/mol. The van der Waals surface area contributed by atoms with Crippen LogP contribution in [-0.4, -0.2) is 25.0 Å². The Morgan fingerprint density at radius 3 is 2.64 bits per heavy atom. The predicted octanol–water partition coefficient (Wildman–Crippen LogP) is 4.20. The summed E-state index contributed by atoms with van der Waals surface area (Å²) in [6, 6.07) is 11.2. The van der Waals surface area contributed by atoms with Gasteiger partial charge in [-0.1, -0.05) is 12.1 Å². The van der Waals surface area contributed by atoms with Crippen LogP contribution in [0.2, 0.25) is 0 Å². The van der Waals surface area contributed by atoms with Crippen LogP contribution in [-0.2, 0) is 13.1 Å². The third kappa shape index (κ3) is 3.85. The summed E-state index contributed by atoms with van der Waals surface area (Å²) in [5.74, 6) is 0.858. The molecule has 0 aliphatic carbocycles. The maximum Gasteiger partial charge on any atom is 0.258 e. The smallest absolute Gasteiger partial charge is 0.258 e. The number of nitrogens with zero attached hydrogens (tertiary/aromatic N) is 1. The summed E-state index contributed by atoms with van der Waals surface area (Å²) in [6.07, 6.45) is 3.26. The normalized spacial score (nSPS) is 10.5. The molecule has 0 fully saturated rings. The Balaban J connectivity index is 1.93. The van der Waals surface area contributed by atoms with Gasteiger partial charge in [-0.3, -0.25) is 4.79 Å². The maximum absolute atomic E-state index is 13.2. The summed E-state index contributed by atoms with van der Waals surface area (Å²) in [7, 11) is 3.09. The van der Waals surface area contributed by atoms with Gasteiger partial charge in [-0.05, 0) is 29.6 Å². The van der Waals surface area contributed by atoms with Crippen LogP contribution in [0.15, 0.2) is 58.7 Å². The molecule has 0 N–H and O–H groups in total. The largest absolute Gasteiger partial charge is 0.493 e. The molecule has 0 aliphatic heterocycles. The van der Waals surface area contributed by atoms with Crippen LogP contribution in [0.5, 0.6) is 11.5 Å². The summed E-state index contributed by atoms with van der Waals surface area (Å²) >= 11 is 1.62. The molecule has 130 valence electrons. The van der Waals surface area contributed by atoms with E-state index in [-0.39, 0.29) is 5.91 Å². The van der Waals surface area contributed by atoms with Crippen LogP contribution in [0.25, 0.3) is 0 Å². The number of furan rings is 1. The molecule has 2 aromatic heterocycles. The number of hydrogen-bond donors (Lipinski definition) is 0. The lowest BCUT2D eigenvalue weighted by atomic mass is 10.1. The highest BCUT2D eigenvalue weighted by Gasteiger charge is 2.23. The van der Waals surface area contributed by atoms with Gasteiger partial charge >= 0.3 is 0 Å². The minimum atomic E-state index is -0.120. The van der Waals surface area contributed by atoms with Crippen molar-refractivity contribution in [2.24, 2.45) is 0 Å². The van der Waals surface area contributed by atoms with E-state index < -0.39 is 0 Å². The van der Waals surface area contributed by atoms with E-state index in [2.05, 4.69) is 0 Å². The summed E-state index contributed by atoms with van der Waals surface area (Å²) in [6.45, 7) is 0.968. The summed E-state index contributed by atoms with van der Waals surface area (Å²) < 4.78 is 15.9. The first-order valence-electron chi connectivity index (χ1n) is 7.76. The van der Waals surface area contributed by atoms with Crippen molar-refractivity contribution in [1.29, 1.82) is 0 Å². The van der Waals surface area contributed by atoms with E-state index in [0.717, 1.165) is 10.4 Å². The lowest BCUT2D eigenvalue weighted by Gasteiger charge is -2.23. The molecule has 6 heteroatoms. The van der Waals surface area contributed by atoms with E-state index in [9.17, 15) is 4.79 Å². The number of carbonyl (C=O) groups is 1. The molecule has 2 heterocycles. The fraction of sp³-hybridized carbons (Fsp3) is 0.211. The van der Waals surface area contributed by atoms with Crippen molar-refractivity contribution in [2.45, 2.75) is 13.1 Å². The van der Waals surface area contributed by atoms with E-state index in [4.69, 9.17) is 13.9 Å². The van der Waals surface area contributed by atoms with Gasteiger partial charge in [0.05, 0.1) is 38.9 Å². The van der Waals surface area contributed by atoms with Crippen molar-refractivity contribution in [1.82, 2.24) is 4.90 Å². The standard InChI is InChI=1S/C19H19NO4S/c1-22-17-7-3-6-16(18(17)23-2)19(21)20(11-14-8-9-24-13-14)12-15-5-4-10-25-15/h3-10,13H,11-12H2,1-2H3. The average molecular weight is 357 g/mol. The minimum absolute atomic E-state index is 0.120. The Kier molecular flexibility index (Phi) is 5.40. The van der Waals surface area contributed by atoms with Crippen LogP contribution in [0.4, 0.5) is 0 Å².